The first-order chi connectivity index (χ1) is 8.43. The normalized spacial score (nSPS) is 12.4. The summed E-state index contributed by atoms with van der Waals surface area (Å²) in [6.45, 7) is 7.39. The number of rotatable bonds is 9. The SMILES string of the molecule is C=C(C)N=CC(CSSCCOC(=O)I)C(C)=O. The molecule has 0 spiro atoms. The lowest BCUT2D eigenvalue weighted by atomic mass is 10.1. The zero-order valence-electron chi connectivity index (χ0n) is 10.3. The predicted molar refractivity (Wildman–Crippen MR) is 87.8 cm³/mol. The van der Waals surface area contributed by atoms with Gasteiger partial charge in [0.2, 0.25) is 0 Å². The lowest BCUT2D eigenvalue weighted by Gasteiger charge is -2.07. The van der Waals surface area contributed by atoms with Gasteiger partial charge in [-0.1, -0.05) is 28.2 Å². The van der Waals surface area contributed by atoms with Crippen LogP contribution < -0.4 is 0 Å². The standard InChI is InChI=1S/C11H16INO3S2/c1-8(2)13-6-10(9(3)14)7-18-17-5-4-16-11(12)15/h6,10H,1,4-5,7H2,2-3H3. The second-order valence-corrected chi connectivity index (χ2v) is 6.93. The number of aliphatic imine (C=N–C) groups is 1. The van der Waals surface area contributed by atoms with Gasteiger partial charge in [-0.05, 0) is 13.8 Å². The third kappa shape index (κ3) is 11.1. The van der Waals surface area contributed by atoms with Gasteiger partial charge in [0.15, 0.2) is 0 Å². The molecule has 0 aromatic carbocycles. The topological polar surface area (TPSA) is 55.7 Å². The first-order valence-electron chi connectivity index (χ1n) is 5.20. The van der Waals surface area contributed by atoms with Gasteiger partial charge in [0.1, 0.15) is 12.4 Å². The Morgan fingerprint density at radius 3 is 2.61 bits per heavy atom. The smallest absolute Gasteiger partial charge is 0.367 e. The Balaban J connectivity index is 3.81. The molecule has 4 nitrogen and oxygen atoms in total. The fourth-order valence-electron chi connectivity index (χ4n) is 0.819. The zero-order valence-corrected chi connectivity index (χ0v) is 14.1. The van der Waals surface area contributed by atoms with Crippen molar-refractivity contribution in [1.82, 2.24) is 0 Å². The van der Waals surface area contributed by atoms with Crippen molar-refractivity contribution < 1.29 is 14.3 Å². The molecule has 0 aliphatic carbocycles. The minimum absolute atomic E-state index is 0.0896. The van der Waals surface area contributed by atoms with Crippen molar-refractivity contribution in [3.05, 3.63) is 12.3 Å². The van der Waals surface area contributed by atoms with Gasteiger partial charge in [-0.3, -0.25) is 9.79 Å². The average molecular weight is 401 g/mol. The van der Waals surface area contributed by atoms with Crippen molar-refractivity contribution in [2.75, 3.05) is 18.1 Å². The number of nitrogens with zero attached hydrogens (tertiary/aromatic N) is 1. The van der Waals surface area contributed by atoms with Crippen molar-refractivity contribution in [3.63, 3.8) is 0 Å². The highest BCUT2D eigenvalue weighted by molar-refractivity contribution is 14.1. The summed E-state index contributed by atoms with van der Waals surface area (Å²) in [6, 6.07) is 0. The van der Waals surface area contributed by atoms with Crippen molar-refractivity contribution in [2.24, 2.45) is 10.9 Å². The van der Waals surface area contributed by atoms with Crippen molar-refractivity contribution in [3.8, 4) is 0 Å². The molecule has 102 valence electrons. The second-order valence-electron chi connectivity index (χ2n) is 3.42. The number of ether oxygens (including phenoxy) is 1. The molecule has 0 saturated heterocycles. The highest BCUT2D eigenvalue weighted by Gasteiger charge is 2.11. The molecule has 0 saturated carbocycles. The predicted octanol–water partition coefficient (Wildman–Crippen LogP) is 3.75. The molecule has 0 heterocycles. The molecule has 0 amide bonds. The van der Waals surface area contributed by atoms with Crippen molar-refractivity contribution >= 4 is 60.2 Å². The van der Waals surface area contributed by atoms with Gasteiger partial charge in [0, 0.05) is 23.4 Å². The maximum atomic E-state index is 11.4. The quantitative estimate of drug-likeness (QED) is 0.194. The van der Waals surface area contributed by atoms with E-state index < -0.39 is 0 Å². The maximum Gasteiger partial charge on any atom is 0.367 e. The lowest BCUT2D eigenvalue weighted by molar-refractivity contribution is -0.118. The number of Topliss-reactive ketones (excluding diaryl/α,β-unsaturated/α-hetero) is 1. The van der Waals surface area contributed by atoms with E-state index >= 15 is 0 Å². The Labute approximate surface area is 129 Å². The fourth-order valence-corrected chi connectivity index (χ4v) is 3.16. The molecule has 18 heavy (non-hydrogen) atoms. The van der Waals surface area contributed by atoms with Crippen LogP contribution in [0.3, 0.4) is 0 Å². The Kier molecular flexibility index (Phi) is 10.8. The van der Waals surface area contributed by atoms with Gasteiger partial charge in [-0.25, -0.2) is 4.79 Å². The van der Waals surface area contributed by atoms with Gasteiger partial charge < -0.3 is 4.74 Å². The van der Waals surface area contributed by atoms with E-state index in [-0.39, 0.29) is 15.7 Å². The van der Waals surface area contributed by atoms with Crippen LogP contribution in [0.5, 0.6) is 0 Å². The number of halogens is 1. The van der Waals surface area contributed by atoms with E-state index in [1.807, 2.05) is 0 Å². The molecule has 7 heteroatoms. The Hall–Kier alpha value is -0.0200. The summed E-state index contributed by atoms with van der Waals surface area (Å²) >= 11 is 1.59. The van der Waals surface area contributed by atoms with Gasteiger partial charge >= 0.3 is 3.98 Å². The van der Waals surface area contributed by atoms with E-state index in [9.17, 15) is 9.59 Å². The molecule has 0 radical (unpaired) electrons. The number of hydrogen-bond donors (Lipinski definition) is 0. The van der Waals surface area contributed by atoms with Gasteiger partial charge in [0.05, 0.1) is 28.5 Å². The number of ketones is 1. The summed E-state index contributed by atoms with van der Waals surface area (Å²) < 4.78 is 4.49. The number of hydrogen-bond acceptors (Lipinski definition) is 6. The van der Waals surface area contributed by atoms with Crippen molar-refractivity contribution in [2.45, 2.75) is 13.8 Å². The van der Waals surface area contributed by atoms with Gasteiger partial charge in [-0.2, -0.15) is 0 Å². The van der Waals surface area contributed by atoms with Crippen LogP contribution in [0.25, 0.3) is 0 Å². The van der Waals surface area contributed by atoms with E-state index in [2.05, 4.69) is 11.6 Å². The Morgan fingerprint density at radius 1 is 1.44 bits per heavy atom. The van der Waals surface area contributed by atoms with E-state index in [1.54, 1.807) is 64.2 Å². The lowest BCUT2D eigenvalue weighted by Crippen LogP contribution is -2.15. The van der Waals surface area contributed by atoms with Crippen LogP contribution in [0.4, 0.5) is 4.79 Å². The summed E-state index contributed by atoms with van der Waals surface area (Å²) in [6.07, 6.45) is 1.64. The molecule has 0 fully saturated rings. The van der Waals surface area contributed by atoms with Crippen LogP contribution in [0.1, 0.15) is 13.8 Å². The Morgan fingerprint density at radius 2 is 2.11 bits per heavy atom. The van der Waals surface area contributed by atoms with Crippen molar-refractivity contribution in [1.29, 1.82) is 0 Å². The molecule has 0 bridgehead atoms. The molecule has 0 aromatic rings. The van der Waals surface area contributed by atoms with Crippen LogP contribution in [0, 0.1) is 5.92 Å². The summed E-state index contributed by atoms with van der Waals surface area (Å²) in [5.74, 6) is 1.27. The van der Waals surface area contributed by atoms with E-state index in [0.717, 1.165) is 0 Å². The third-order valence-electron chi connectivity index (χ3n) is 1.71. The number of allylic oxidation sites excluding steroid dienone is 1. The molecular formula is C11H16INO3S2. The first-order valence-corrected chi connectivity index (χ1v) is 8.77. The number of carbonyl (C=O) groups excluding carboxylic acids is 2. The fraction of sp³-hybridized carbons (Fsp3) is 0.545. The van der Waals surface area contributed by atoms with Gasteiger partial charge in [-0.15, -0.1) is 0 Å². The second kappa shape index (κ2) is 10.9. The molecule has 0 aliphatic rings. The van der Waals surface area contributed by atoms with Gasteiger partial charge in [0.25, 0.3) is 0 Å². The minimum Gasteiger partial charge on any atom is -0.457 e. The molecular weight excluding hydrogens is 385 g/mol. The molecule has 0 aromatic heterocycles. The molecule has 1 atom stereocenters. The van der Waals surface area contributed by atoms with E-state index in [0.29, 0.717) is 23.8 Å². The molecule has 0 aliphatic heterocycles. The van der Waals surface area contributed by atoms with Crippen LogP contribution in [-0.2, 0) is 9.53 Å². The zero-order chi connectivity index (χ0) is 14.0. The molecule has 0 rings (SSSR count). The summed E-state index contributed by atoms with van der Waals surface area (Å²) in [5.41, 5.74) is 0.688. The highest BCUT2D eigenvalue weighted by Crippen LogP contribution is 2.23. The van der Waals surface area contributed by atoms with E-state index in [4.69, 9.17) is 4.74 Å². The van der Waals surface area contributed by atoms with E-state index in [1.165, 1.54) is 0 Å². The molecule has 0 N–H and O–H groups in total. The van der Waals surface area contributed by atoms with Crippen LogP contribution >= 0.6 is 44.2 Å². The summed E-state index contributed by atoms with van der Waals surface area (Å²) in [4.78, 5) is 25.9. The maximum absolute atomic E-state index is 11.4. The summed E-state index contributed by atoms with van der Waals surface area (Å²) in [7, 11) is 3.15. The summed E-state index contributed by atoms with van der Waals surface area (Å²) in [5, 5.41) is 0. The van der Waals surface area contributed by atoms with Crippen LogP contribution in [0.15, 0.2) is 17.3 Å². The largest absolute Gasteiger partial charge is 0.457 e. The Bertz CT molecular complexity index is 334. The minimum atomic E-state index is -0.298. The van der Waals surface area contributed by atoms with Crippen LogP contribution in [-0.4, -0.2) is 34.1 Å². The third-order valence-corrected chi connectivity index (χ3v) is 4.43. The first kappa shape index (κ1) is 18.0. The van der Waals surface area contributed by atoms with Crippen LogP contribution in [0.2, 0.25) is 0 Å². The number of carbonyl (C=O) groups is 2. The average Bonchev–Trinajstić information content (AvgIpc) is 2.25. The highest BCUT2D eigenvalue weighted by atomic mass is 127. The monoisotopic (exact) mass is 401 g/mol. The molecule has 1 unspecified atom stereocenters.